The van der Waals surface area contributed by atoms with Crippen LogP contribution in [0, 0.1) is 5.95 Å². The van der Waals surface area contributed by atoms with Crippen LogP contribution in [0.25, 0.3) is 11.4 Å². The number of fused-ring (bicyclic) bond motifs is 4. The average Bonchev–Trinajstić information content (AvgIpc) is 3.27. The van der Waals surface area contributed by atoms with E-state index in [1.54, 1.807) is 11.0 Å². The van der Waals surface area contributed by atoms with Gasteiger partial charge in [-0.25, -0.2) is 9.78 Å². The molecule has 4 heterocycles. The van der Waals surface area contributed by atoms with Gasteiger partial charge in [-0.05, 0) is 30.9 Å². The molecule has 2 atom stereocenters. The number of anilines is 1. The summed E-state index contributed by atoms with van der Waals surface area (Å²) in [6.07, 6.45) is 3.55. The number of carbonyl (C=O) groups is 1. The van der Waals surface area contributed by atoms with Gasteiger partial charge in [-0.1, -0.05) is 35.5 Å². The van der Waals surface area contributed by atoms with Crippen molar-refractivity contribution in [1.82, 2.24) is 20.0 Å². The summed E-state index contributed by atoms with van der Waals surface area (Å²) in [7, 11) is 0. The lowest BCUT2D eigenvalue weighted by Crippen LogP contribution is -2.44. The van der Waals surface area contributed by atoms with Crippen molar-refractivity contribution in [2.45, 2.75) is 31.3 Å². The molecule has 1 aromatic carbocycles. The number of urea groups is 1. The van der Waals surface area contributed by atoms with Gasteiger partial charge in [-0.3, -0.25) is 5.32 Å². The molecule has 2 bridgehead atoms. The van der Waals surface area contributed by atoms with E-state index in [1.165, 1.54) is 6.20 Å². The van der Waals surface area contributed by atoms with Gasteiger partial charge in [0.05, 0.1) is 6.04 Å². The monoisotopic (exact) mass is 365 g/mol. The number of carbonyl (C=O) groups excluding carboxylic acids is 1. The van der Waals surface area contributed by atoms with Crippen LogP contribution in [0.1, 0.15) is 30.0 Å². The van der Waals surface area contributed by atoms with Crippen LogP contribution in [0.5, 0.6) is 0 Å². The van der Waals surface area contributed by atoms with Crippen molar-refractivity contribution in [3.63, 3.8) is 0 Å². The molecule has 1 fully saturated rings. The third-order valence-electron chi connectivity index (χ3n) is 5.25. The Balaban J connectivity index is 1.37. The minimum Gasteiger partial charge on any atom is -0.315 e. The van der Waals surface area contributed by atoms with Crippen molar-refractivity contribution in [3.05, 3.63) is 59.7 Å². The number of pyridine rings is 1. The van der Waals surface area contributed by atoms with Gasteiger partial charge in [0.1, 0.15) is 0 Å². The standard InChI is InChI=1S/C19H16FN5O2/c20-16-14-10-12-6-7-15(13(14)8-9-21-16)25(12)19(26)23-18-22-17(24-27-18)11-4-2-1-3-5-11/h1-5,8-9,12,15H,6-7,10H2,(H,22,23,24,26)/t12-,15+/m1/s1. The van der Waals surface area contributed by atoms with E-state index in [1.807, 2.05) is 30.3 Å². The SMILES string of the molecule is O=C(Nc1nc(-c2ccccc2)no1)N1[C@@H]2CC[C@H]1c1ccnc(F)c1C2. The van der Waals surface area contributed by atoms with Crippen molar-refractivity contribution >= 4 is 12.0 Å². The number of rotatable bonds is 2. The molecule has 8 heteroatoms. The number of aromatic nitrogens is 3. The maximum absolute atomic E-state index is 14.0. The Hall–Kier alpha value is -3.29. The molecular weight excluding hydrogens is 349 g/mol. The summed E-state index contributed by atoms with van der Waals surface area (Å²) >= 11 is 0. The Labute approximate surface area is 154 Å². The zero-order chi connectivity index (χ0) is 18.4. The molecule has 1 saturated heterocycles. The summed E-state index contributed by atoms with van der Waals surface area (Å²) in [6.45, 7) is 0. The molecule has 2 aliphatic rings. The number of benzene rings is 1. The first-order valence-corrected chi connectivity index (χ1v) is 8.82. The van der Waals surface area contributed by atoms with Crippen LogP contribution >= 0.6 is 0 Å². The molecule has 27 heavy (non-hydrogen) atoms. The highest BCUT2D eigenvalue weighted by Crippen LogP contribution is 2.44. The molecule has 1 N–H and O–H groups in total. The summed E-state index contributed by atoms with van der Waals surface area (Å²) in [5, 5.41) is 6.59. The average molecular weight is 365 g/mol. The molecule has 7 nitrogen and oxygen atoms in total. The maximum Gasteiger partial charge on any atom is 0.329 e. The van der Waals surface area contributed by atoms with E-state index in [0.717, 1.165) is 24.0 Å². The van der Waals surface area contributed by atoms with Gasteiger partial charge >= 0.3 is 12.0 Å². The smallest absolute Gasteiger partial charge is 0.315 e. The van der Waals surface area contributed by atoms with Crippen LogP contribution in [0.2, 0.25) is 0 Å². The summed E-state index contributed by atoms with van der Waals surface area (Å²) in [5.41, 5.74) is 2.26. The molecule has 3 aromatic rings. The number of halogens is 1. The number of nitrogens with one attached hydrogen (secondary N) is 1. The van der Waals surface area contributed by atoms with Crippen molar-refractivity contribution < 1.29 is 13.7 Å². The van der Waals surface area contributed by atoms with Crippen LogP contribution < -0.4 is 5.32 Å². The molecule has 0 spiro atoms. The lowest BCUT2D eigenvalue weighted by molar-refractivity contribution is 0.177. The lowest BCUT2D eigenvalue weighted by Gasteiger charge is -2.35. The quantitative estimate of drug-likeness (QED) is 0.702. The zero-order valence-electron chi connectivity index (χ0n) is 14.3. The highest BCUT2D eigenvalue weighted by atomic mass is 19.1. The fourth-order valence-corrected chi connectivity index (χ4v) is 4.06. The second-order valence-electron chi connectivity index (χ2n) is 6.75. The summed E-state index contributed by atoms with van der Waals surface area (Å²) in [4.78, 5) is 22.6. The van der Waals surface area contributed by atoms with Gasteiger partial charge in [-0.2, -0.15) is 9.37 Å². The first-order valence-electron chi connectivity index (χ1n) is 8.82. The van der Waals surface area contributed by atoms with Gasteiger partial charge in [0, 0.05) is 23.4 Å². The van der Waals surface area contributed by atoms with E-state index in [2.05, 4.69) is 20.4 Å². The van der Waals surface area contributed by atoms with Crippen molar-refractivity contribution in [2.24, 2.45) is 0 Å². The second-order valence-corrected chi connectivity index (χ2v) is 6.75. The molecule has 0 unspecified atom stereocenters. The molecule has 0 aliphatic carbocycles. The van der Waals surface area contributed by atoms with Gasteiger partial charge in [0.15, 0.2) is 0 Å². The predicted octanol–water partition coefficient (Wildman–Crippen LogP) is 3.56. The van der Waals surface area contributed by atoms with E-state index < -0.39 is 5.95 Å². The second kappa shape index (κ2) is 6.15. The van der Waals surface area contributed by atoms with Crippen LogP contribution in [0.3, 0.4) is 0 Å². The number of nitrogens with zero attached hydrogens (tertiary/aromatic N) is 4. The molecule has 136 valence electrons. The minimum absolute atomic E-state index is 0.0463. The Kier molecular flexibility index (Phi) is 3.63. The zero-order valence-corrected chi connectivity index (χ0v) is 14.3. The van der Waals surface area contributed by atoms with Crippen LogP contribution in [0.4, 0.5) is 15.2 Å². The Morgan fingerprint density at radius 2 is 2.07 bits per heavy atom. The fraction of sp³-hybridized carbons (Fsp3) is 0.263. The van der Waals surface area contributed by atoms with Crippen molar-refractivity contribution in [2.75, 3.05) is 5.32 Å². The molecular formula is C19H16FN5O2. The van der Waals surface area contributed by atoms with E-state index in [9.17, 15) is 9.18 Å². The number of hydrogen-bond acceptors (Lipinski definition) is 5. The summed E-state index contributed by atoms with van der Waals surface area (Å²) < 4.78 is 19.2. The van der Waals surface area contributed by atoms with Crippen LogP contribution in [-0.2, 0) is 6.42 Å². The summed E-state index contributed by atoms with van der Waals surface area (Å²) in [6, 6.07) is 10.7. The topological polar surface area (TPSA) is 84.2 Å². The summed E-state index contributed by atoms with van der Waals surface area (Å²) in [5.74, 6) is -0.0279. The largest absolute Gasteiger partial charge is 0.329 e. The van der Waals surface area contributed by atoms with Crippen molar-refractivity contribution in [1.29, 1.82) is 0 Å². The Bertz CT molecular complexity index is 1010. The predicted molar refractivity (Wildman–Crippen MR) is 94.3 cm³/mol. The van der Waals surface area contributed by atoms with E-state index in [0.29, 0.717) is 17.8 Å². The van der Waals surface area contributed by atoms with Crippen LogP contribution in [-0.4, -0.2) is 32.1 Å². The molecule has 2 amide bonds. The third kappa shape index (κ3) is 2.64. The van der Waals surface area contributed by atoms with Gasteiger partial charge in [0.25, 0.3) is 0 Å². The van der Waals surface area contributed by atoms with Crippen molar-refractivity contribution in [3.8, 4) is 11.4 Å². The maximum atomic E-state index is 14.0. The Morgan fingerprint density at radius 3 is 2.93 bits per heavy atom. The highest BCUT2D eigenvalue weighted by Gasteiger charge is 2.44. The van der Waals surface area contributed by atoms with E-state index in [4.69, 9.17) is 4.52 Å². The highest BCUT2D eigenvalue weighted by molar-refractivity contribution is 5.88. The molecule has 2 aliphatic heterocycles. The van der Waals surface area contributed by atoms with Gasteiger partial charge in [-0.15, -0.1) is 0 Å². The van der Waals surface area contributed by atoms with Gasteiger partial charge < -0.3 is 9.42 Å². The molecule has 0 radical (unpaired) electrons. The first-order chi connectivity index (χ1) is 13.2. The minimum atomic E-state index is -0.436. The third-order valence-corrected chi connectivity index (χ3v) is 5.25. The number of hydrogen-bond donors (Lipinski definition) is 1. The number of amides is 2. The van der Waals surface area contributed by atoms with E-state index >= 15 is 0 Å². The van der Waals surface area contributed by atoms with E-state index in [-0.39, 0.29) is 24.1 Å². The molecule has 2 aromatic heterocycles. The normalized spacial score (nSPS) is 20.4. The van der Waals surface area contributed by atoms with Crippen LogP contribution in [0.15, 0.2) is 47.1 Å². The lowest BCUT2D eigenvalue weighted by atomic mass is 9.95. The van der Waals surface area contributed by atoms with Gasteiger partial charge in [0.2, 0.25) is 11.8 Å². The fourth-order valence-electron chi connectivity index (χ4n) is 4.06. The molecule has 5 rings (SSSR count). The molecule has 0 saturated carbocycles. The first kappa shape index (κ1) is 15.9. The Morgan fingerprint density at radius 1 is 1.22 bits per heavy atom.